The lowest BCUT2D eigenvalue weighted by atomic mass is 10.1. The molecule has 0 aliphatic heterocycles. The third kappa shape index (κ3) is 2.95. The normalized spacial score (nSPS) is 10.1. The largest absolute Gasteiger partial charge is 0.478 e. The number of rotatable bonds is 4. The number of hydrogen-bond donors (Lipinski definition) is 3. The van der Waals surface area contributed by atoms with Gasteiger partial charge in [-0.15, -0.1) is 0 Å². The second-order valence-electron chi connectivity index (χ2n) is 4.42. The summed E-state index contributed by atoms with van der Waals surface area (Å²) in [6, 6.07) is 11.6. The summed E-state index contributed by atoms with van der Waals surface area (Å²) in [7, 11) is 0. The highest BCUT2D eigenvalue weighted by Crippen LogP contribution is 2.23. The number of carboxylic acid groups (broad SMARTS) is 1. The Morgan fingerprint density at radius 2 is 1.90 bits per heavy atom. The summed E-state index contributed by atoms with van der Waals surface area (Å²) in [5, 5.41) is 12.0. The van der Waals surface area contributed by atoms with Crippen LogP contribution in [0.15, 0.2) is 42.5 Å². The lowest BCUT2D eigenvalue weighted by Crippen LogP contribution is -2.13. The van der Waals surface area contributed by atoms with Crippen LogP contribution < -0.4 is 11.1 Å². The van der Waals surface area contributed by atoms with Gasteiger partial charge in [-0.05, 0) is 42.8 Å². The van der Waals surface area contributed by atoms with E-state index in [9.17, 15) is 9.59 Å². The summed E-state index contributed by atoms with van der Waals surface area (Å²) in [5.41, 5.74) is 7.95. The molecule has 0 aliphatic carbocycles. The van der Waals surface area contributed by atoms with Crippen molar-refractivity contribution >= 4 is 23.3 Å². The lowest BCUT2D eigenvalue weighted by molar-refractivity contribution is 0.0696. The Morgan fingerprint density at radius 1 is 1.15 bits per heavy atom. The Hall–Kier alpha value is -2.82. The number of carbonyl (C=O) groups excluding carboxylic acids is 1. The fourth-order valence-corrected chi connectivity index (χ4v) is 1.86. The first-order valence-corrected chi connectivity index (χ1v) is 5.98. The van der Waals surface area contributed by atoms with Crippen molar-refractivity contribution in [1.29, 1.82) is 0 Å². The van der Waals surface area contributed by atoms with Crippen molar-refractivity contribution in [3.05, 3.63) is 59.2 Å². The summed E-state index contributed by atoms with van der Waals surface area (Å²) in [5.74, 6) is -1.55. The van der Waals surface area contributed by atoms with E-state index in [1.54, 1.807) is 30.3 Å². The molecule has 2 aromatic carbocycles. The highest BCUT2D eigenvalue weighted by molar-refractivity contribution is 5.99. The third-order valence-electron chi connectivity index (χ3n) is 2.83. The van der Waals surface area contributed by atoms with Gasteiger partial charge < -0.3 is 16.2 Å². The van der Waals surface area contributed by atoms with Gasteiger partial charge in [0.2, 0.25) is 0 Å². The molecule has 4 N–H and O–H groups in total. The van der Waals surface area contributed by atoms with E-state index in [1.165, 1.54) is 12.1 Å². The Bertz CT molecular complexity index is 681. The van der Waals surface area contributed by atoms with E-state index in [2.05, 4.69) is 5.32 Å². The van der Waals surface area contributed by atoms with Crippen LogP contribution in [0.3, 0.4) is 0 Å². The molecule has 0 unspecified atom stereocenters. The SMILES string of the molecule is Cc1ccc(C(N)=O)c(Nc2cccc(C(=O)O)c2)c1. The van der Waals surface area contributed by atoms with Crippen LogP contribution in [0, 0.1) is 6.92 Å². The molecule has 2 aromatic rings. The topological polar surface area (TPSA) is 92.4 Å². The van der Waals surface area contributed by atoms with Gasteiger partial charge in [0.1, 0.15) is 0 Å². The molecule has 1 amide bonds. The van der Waals surface area contributed by atoms with Crippen LogP contribution in [0.25, 0.3) is 0 Å². The molecule has 0 aliphatic rings. The van der Waals surface area contributed by atoms with Crippen molar-refractivity contribution in [2.75, 3.05) is 5.32 Å². The molecular formula is C15H14N2O3. The van der Waals surface area contributed by atoms with Crippen LogP contribution in [0.5, 0.6) is 0 Å². The number of amides is 1. The number of benzene rings is 2. The van der Waals surface area contributed by atoms with Crippen molar-refractivity contribution < 1.29 is 14.7 Å². The fraction of sp³-hybridized carbons (Fsp3) is 0.0667. The molecule has 0 fully saturated rings. The predicted molar refractivity (Wildman–Crippen MR) is 76.4 cm³/mol. The maximum Gasteiger partial charge on any atom is 0.335 e. The van der Waals surface area contributed by atoms with Crippen LogP contribution in [0.2, 0.25) is 0 Å². The van der Waals surface area contributed by atoms with Gasteiger partial charge in [-0.1, -0.05) is 12.1 Å². The minimum absolute atomic E-state index is 0.170. The second-order valence-corrected chi connectivity index (χ2v) is 4.42. The van der Waals surface area contributed by atoms with E-state index in [4.69, 9.17) is 10.8 Å². The predicted octanol–water partition coefficient (Wildman–Crippen LogP) is 2.54. The van der Waals surface area contributed by atoms with Crippen molar-refractivity contribution in [2.24, 2.45) is 5.73 Å². The maximum absolute atomic E-state index is 11.4. The van der Waals surface area contributed by atoms with Crippen molar-refractivity contribution in [3.63, 3.8) is 0 Å². The van der Waals surface area contributed by atoms with Crippen molar-refractivity contribution in [1.82, 2.24) is 0 Å². The number of anilines is 2. The van der Waals surface area contributed by atoms with Crippen LogP contribution in [0.1, 0.15) is 26.3 Å². The van der Waals surface area contributed by atoms with Crippen molar-refractivity contribution in [3.8, 4) is 0 Å². The molecule has 0 heterocycles. The first-order valence-electron chi connectivity index (χ1n) is 5.98. The number of carboxylic acids is 1. The van der Waals surface area contributed by atoms with Gasteiger partial charge in [0.25, 0.3) is 5.91 Å². The molecule has 102 valence electrons. The second kappa shape index (κ2) is 5.44. The lowest BCUT2D eigenvalue weighted by Gasteiger charge is -2.11. The zero-order valence-electron chi connectivity index (χ0n) is 10.9. The van der Waals surface area contributed by atoms with Gasteiger partial charge in [0, 0.05) is 5.69 Å². The fourth-order valence-electron chi connectivity index (χ4n) is 1.86. The van der Waals surface area contributed by atoms with Gasteiger partial charge in [-0.3, -0.25) is 4.79 Å². The number of carbonyl (C=O) groups is 2. The van der Waals surface area contributed by atoms with Gasteiger partial charge in [0.05, 0.1) is 16.8 Å². The van der Waals surface area contributed by atoms with Crippen molar-refractivity contribution in [2.45, 2.75) is 6.92 Å². The van der Waals surface area contributed by atoms with E-state index in [-0.39, 0.29) is 5.56 Å². The number of nitrogens with two attached hydrogens (primary N) is 1. The molecule has 2 rings (SSSR count). The zero-order chi connectivity index (χ0) is 14.7. The van der Waals surface area contributed by atoms with E-state index in [0.717, 1.165) is 5.56 Å². The molecule has 0 spiro atoms. The monoisotopic (exact) mass is 270 g/mol. The number of hydrogen-bond acceptors (Lipinski definition) is 3. The van der Waals surface area contributed by atoms with Gasteiger partial charge >= 0.3 is 5.97 Å². The van der Waals surface area contributed by atoms with Crippen LogP contribution in [0.4, 0.5) is 11.4 Å². The Kier molecular flexibility index (Phi) is 3.70. The highest BCUT2D eigenvalue weighted by atomic mass is 16.4. The molecule has 0 radical (unpaired) electrons. The molecule has 0 bridgehead atoms. The molecule has 0 aromatic heterocycles. The standard InChI is InChI=1S/C15H14N2O3/c1-9-5-6-12(14(16)18)13(7-9)17-11-4-2-3-10(8-11)15(19)20/h2-8,17H,1H3,(H2,16,18)(H,19,20). The Morgan fingerprint density at radius 3 is 2.55 bits per heavy atom. The summed E-state index contributed by atoms with van der Waals surface area (Å²) >= 11 is 0. The van der Waals surface area contributed by atoms with Crippen LogP contribution >= 0.6 is 0 Å². The van der Waals surface area contributed by atoms with E-state index in [0.29, 0.717) is 16.9 Å². The Balaban J connectivity index is 2.39. The summed E-state index contributed by atoms with van der Waals surface area (Å²) in [4.78, 5) is 22.3. The minimum Gasteiger partial charge on any atom is -0.478 e. The molecule has 0 saturated heterocycles. The maximum atomic E-state index is 11.4. The quantitative estimate of drug-likeness (QED) is 0.796. The van der Waals surface area contributed by atoms with Gasteiger partial charge in [-0.25, -0.2) is 4.79 Å². The summed E-state index contributed by atoms with van der Waals surface area (Å²) < 4.78 is 0. The first kappa shape index (κ1) is 13.6. The van der Waals surface area contributed by atoms with Crippen LogP contribution in [-0.4, -0.2) is 17.0 Å². The first-order chi connectivity index (χ1) is 9.47. The smallest absolute Gasteiger partial charge is 0.335 e. The molecular weight excluding hydrogens is 256 g/mol. The minimum atomic E-state index is -1.01. The van der Waals surface area contributed by atoms with Gasteiger partial charge in [0.15, 0.2) is 0 Å². The van der Waals surface area contributed by atoms with Crippen LogP contribution in [-0.2, 0) is 0 Å². The average Bonchev–Trinajstić information content (AvgIpc) is 2.38. The average molecular weight is 270 g/mol. The molecule has 5 nitrogen and oxygen atoms in total. The van der Waals surface area contributed by atoms with Gasteiger partial charge in [-0.2, -0.15) is 0 Å². The Labute approximate surface area is 116 Å². The highest BCUT2D eigenvalue weighted by Gasteiger charge is 2.09. The number of aryl methyl sites for hydroxylation is 1. The third-order valence-corrected chi connectivity index (χ3v) is 2.83. The number of nitrogens with one attached hydrogen (secondary N) is 1. The molecule has 0 saturated carbocycles. The van der Waals surface area contributed by atoms with E-state index in [1.807, 2.05) is 6.92 Å². The summed E-state index contributed by atoms with van der Waals surface area (Å²) in [6.45, 7) is 1.89. The molecule has 0 atom stereocenters. The summed E-state index contributed by atoms with van der Waals surface area (Å²) in [6.07, 6.45) is 0. The number of aromatic carboxylic acids is 1. The molecule has 20 heavy (non-hydrogen) atoms. The van der Waals surface area contributed by atoms with E-state index < -0.39 is 11.9 Å². The number of primary amides is 1. The zero-order valence-corrected chi connectivity index (χ0v) is 10.9. The molecule has 5 heteroatoms. The van der Waals surface area contributed by atoms with E-state index >= 15 is 0 Å².